The number of benzene rings is 2. The lowest BCUT2D eigenvalue weighted by Gasteiger charge is -2.01. The van der Waals surface area contributed by atoms with Gasteiger partial charge in [0.25, 0.3) is 0 Å². The van der Waals surface area contributed by atoms with Crippen molar-refractivity contribution in [3.63, 3.8) is 0 Å². The third kappa shape index (κ3) is 2.45. The second kappa shape index (κ2) is 4.43. The van der Waals surface area contributed by atoms with Crippen LogP contribution in [0.3, 0.4) is 0 Å². The van der Waals surface area contributed by atoms with E-state index in [1.165, 1.54) is 11.1 Å². The Morgan fingerprint density at radius 3 is 2.33 bits per heavy atom. The number of hydrogen-bond acceptors (Lipinski definition) is 1. The summed E-state index contributed by atoms with van der Waals surface area (Å²) in [6.07, 6.45) is 0.885. The maximum absolute atomic E-state index is 8.78. The monoisotopic (exact) mass is 193 g/mol. The Hall–Kier alpha value is -2.07. The van der Waals surface area contributed by atoms with Gasteiger partial charge in [-0.15, -0.1) is 0 Å². The zero-order chi connectivity index (χ0) is 10.5. The lowest BCUT2D eigenvalue weighted by atomic mass is 10.0. The van der Waals surface area contributed by atoms with Crippen molar-refractivity contribution in [2.24, 2.45) is 0 Å². The van der Waals surface area contributed by atoms with Gasteiger partial charge in [-0.05, 0) is 29.7 Å². The zero-order valence-electron chi connectivity index (χ0n) is 8.35. The molecule has 0 spiro atoms. The van der Waals surface area contributed by atoms with Crippen LogP contribution in [0, 0.1) is 11.3 Å². The van der Waals surface area contributed by atoms with Crippen LogP contribution in [0.25, 0.3) is 0 Å². The summed E-state index contributed by atoms with van der Waals surface area (Å²) in [7, 11) is 0. The number of nitrogens with zero attached hydrogens (tertiary/aromatic N) is 1. The van der Waals surface area contributed by atoms with Crippen LogP contribution < -0.4 is 0 Å². The van der Waals surface area contributed by atoms with Gasteiger partial charge in [-0.3, -0.25) is 0 Å². The van der Waals surface area contributed by atoms with E-state index in [1.807, 2.05) is 42.5 Å². The molecule has 0 radical (unpaired) electrons. The average Bonchev–Trinajstić information content (AvgIpc) is 2.31. The van der Waals surface area contributed by atoms with Gasteiger partial charge >= 0.3 is 0 Å². The van der Waals surface area contributed by atoms with E-state index in [-0.39, 0.29) is 0 Å². The molecule has 0 heterocycles. The Labute approximate surface area is 89.6 Å². The molecule has 2 aromatic carbocycles. The molecule has 2 rings (SSSR count). The summed E-state index contributed by atoms with van der Waals surface area (Å²) in [4.78, 5) is 0. The van der Waals surface area contributed by atoms with E-state index in [0.717, 1.165) is 12.0 Å². The molecule has 0 aliphatic heterocycles. The Morgan fingerprint density at radius 2 is 1.60 bits per heavy atom. The maximum Gasteiger partial charge on any atom is 0.0991 e. The van der Waals surface area contributed by atoms with E-state index in [2.05, 4.69) is 18.2 Å². The fraction of sp³-hybridized carbons (Fsp3) is 0.0714. The minimum atomic E-state index is 0.725. The van der Waals surface area contributed by atoms with E-state index in [1.54, 1.807) is 0 Å². The fourth-order valence-electron chi connectivity index (χ4n) is 1.58. The summed E-state index contributed by atoms with van der Waals surface area (Å²) in [6, 6.07) is 20.2. The van der Waals surface area contributed by atoms with Crippen molar-refractivity contribution >= 4 is 0 Å². The van der Waals surface area contributed by atoms with E-state index in [0.29, 0.717) is 0 Å². The third-order valence-corrected chi connectivity index (χ3v) is 2.31. The second-order valence-corrected chi connectivity index (χ2v) is 3.47. The summed E-state index contributed by atoms with van der Waals surface area (Å²) in [5.41, 5.74) is 3.18. The molecule has 0 unspecified atom stereocenters. The normalized spacial score (nSPS) is 9.53. The Bertz CT molecular complexity index is 480. The molecule has 0 atom stereocenters. The molecule has 1 nitrogen and oxygen atoms in total. The quantitative estimate of drug-likeness (QED) is 0.718. The molecule has 0 saturated heterocycles. The Balaban J connectivity index is 2.22. The molecule has 0 amide bonds. The number of nitriles is 1. The Morgan fingerprint density at radius 1 is 0.867 bits per heavy atom. The van der Waals surface area contributed by atoms with Gasteiger partial charge in [0.15, 0.2) is 0 Å². The van der Waals surface area contributed by atoms with Crippen LogP contribution >= 0.6 is 0 Å². The van der Waals surface area contributed by atoms with Crippen LogP contribution in [0.15, 0.2) is 54.6 Å². The summed E-state index contributed by atoms with van der Waals surface area (Å²) in [6.45, 7) is 0. The summed E-state index contributed by atoms with van der Waals surface area (Å²) in [5.74, 6) is 0. The topological polar surface area (TPSA) is 23.8 Å². The minimum absolute atomic E-state index is 0.725. The first-order valence-electron chi connectivity index (χ1n) is 4.91. The molecular formula is C14H11N. The van der Waals surface area contributed by atoms with Crippen LogP contribution in [-0.4, -0.2) is 0 Å². The largest absolute Gasteiger partial charge is 0.192 e. The highest BCUT2D eigenvalue weighted by atomic mass is 14.2. The molecule has 15 heavy (non-hydrogen) atoms. The lowest BCUT2D eigenvalue weighted by Crippen LogP contribution is -1.88. The van der Waals surface area contributed by atoms with E-state index in [9.17, 15) is 0 Å². The van der Waals surface area contributed by atoms with Crippen molar-refractivity contribution in [2.45, 2.75) is 6.42 Å². The first-order valence-corrected chi connectivity index (χ1v) is 4.91. The van der Waals surface area contributed by atoms with Crippen LogP contribution in [0.2, 0.25) is 0 Å². The third-order valence-electron chi connectivity index (χ3n) is 2.31. The highest BCUT2D eigenvalue weighted by Crippen LogP contribution is 2.10. The van der Waals surface area contributed by atoms with Crippen LogP contribution in [-0.2, 0) is 6.42 Å². The molecule has 0 bridgehead atoms. The van der Waals surface area contributed by atoms with E-state index < -0.39 is 0 Å². The standard InChI is InChI=1S/C14H11N/c15-11-14-8-4-7-13(10-14)9-12-5-2-1-3-6-12/h1-8,10H,9H2. The Kier molecular flexibility index (Phi) is 2.80. The summed E-state index contributed by atoms with van der Waals surface area (Å²) >= 11 is 0. The van der Waals surface area contributed by atoms with Crippen LogP contribution in [0.1, 0.15) is 16.7 Å². The molecule has 0 aliphatic carbocycles. The van der Waals surface area contributed by atoms with Crippen molar-refractivity contribution in [1.82, 2.24) is 0 Å². The summed E-state index contributed by atoms with van der Waals surface area (Å²) < 4.78 is 0. The van der Waals surface area contributed by atoms with Gasteiger partial charge in [0.2, 0.25) is 0 Å². The average molecular weight is 193 g/mol. The second-order valence-electron chi connectivity index (χ2n) is 3.47. The van der Waals surface area contributed by atoms with Gasteiger partial charge in [-0.1, -0.05) is 42.5 Å². The van der Waals surface area contributed by atoms with E-state index >= 15 is 0 Å². The summed E-state index contributed by atoms with van der Waals surface area (Å²) in [5, 5.41) is 8.78. The minimum Gasteiger partial charge on any atom is -0.192 e. The molecule has 0 aliphatic rings. The molecule has 1 heteroatoms. The predicted octanol–water partition coefficient (Wildman–Crippen LogP) is 3.15. The molecule has 0 aromatic heterocycles. The molecule has 0 fully saturated rings. The lowest BCUT2D eigenvalue weighted by molar-refractivity contribution is 1.19. The molecule has 72 valence electrons. The van der Waals surface area contributed by atoms with Crippen LogP contribution in [0.4, 0.5) is 0 Å². The number of hydrogen-bond donors (Lipinski definition) is 0. The highest BCUT2D eigenvalue weighted by Gasteiger charge is 1.96. The van der Waals surface area contributed by atoms with Gasteiger partial charge in [0.05, 0.1) is 11.6 Å². The fourth-order valence-corrected chi connectivity index (χ4v) is 1.58. The van der Waals surface area contributed by atoms with Gasteiger partial charge in [0, 0.05) is 0 Å². The predicted molar refractivity (Wildman–Crippen MR) is 60.4 cm³/mol. The zero-order valence-corrected chi connectivity index (χ0v) is 8.35. The van der Waals surface area contributed by atoms with E-state index in [4.69, 9.17) is 5.26 Å². The van der Waals surface area contributed by atoms with Gasteiger partial charge < -0.3 is 0 Å². The maximum atomic E-state index is 8.78. The molecule has 0 N–H and O–H groups in total. The first-order chi connectivity index (χ1) is 7.38. The van der Waals surface area contributed by atoms with Gasteiger partial charge in [-0.2, -0.15) is 5.26 Å². The molecule has 0 saturated carbocycles. The van der Waals surface area contributed by atoms with Crippen molar-refractivity contribution in [3.8, 4) is 6.07 Å². The van der Waals surface area contributed by atoms with Crippen molar-refractivity contribution in [2.75, 3.05) is 0 Å². The van der Waals surface area contributed by atoms with Gasteiger partial charge in [0.1, 0.15) is 0 Å². The van der Waals surface area contributed by atoms with Crippen molar-refractivity contribution < 1.29 is 0 Å². The first kappa shape index (κ1) is 9.48. The molecular weight excluding hydrogens is 182 g/mol. The van der Waals surface area contributed by atoms with Crippen molar-refractivity contribution in [3.05, 3.63) is 71.3 Å². The highest BCUT2D eigenvalue weighted by molar-refractivity contribution is 5.35. The SMILES string of the molecule is N#Cc1cccc(Cc2ccccc2)c1. The van der Waals surface area contributed by atoms with Crippen LogP contribution in [0.5, 0.6) is 0 Å². The number of rotatable bonds is 2. The van der Waals surface area contributed by atoms with Crippen molar-refractivity contribution in [1.29, 1.82) is 5.26 Å². The van der Waals surface area contributed by atoms with Gasteiger partial charge in [-0.25, -0.2) is 0 Å². The smallest absolute Gasteiger partial charge is 0.0991 e. The molecule has 2 aromatic rings.